The number of aliphatic carboxylic acids is 1. The molecule has 0 aliphatic heterocycles. The Bertz CT molecular complexity index is 761. The summed E-state index contributed by atoms with van der Waals surface area (Å²) in [5.41, 5.74) is 6.98. The van der Waals surface area contributed by atoms with Crippen molar-refractivity contribution >= 4 is 12.1 Å². The van der Waals surface area contributed by atoms with Gasteiger partial charge < -0.3 is 20.0 Å². The fraction of sp³-hybridized carbons (Fsp3) is 0.333. The van der Waals surface area contributed by atoms with Gasteiger partial charge in [-0.05, 0) is 28.7 Å². The van der Waals surface area contributed by atoms with E-state index in [0.717, 1.165) is 22.3 Å². The van der Waals surface area contributed by atoms with Crippen LogP contribution < -0.4 is 10.8 Å². The summed E-state index contributed by atoms with van der Waals surface area (Å²) in [5.74, 6) is -1.10. The van der Waals surface area contributed by atoms with Crippen molar-refractivity contribution in [1.29, 1.82) is 0 Å². The Balaban J connectivity index is 0.000000640. The molecule has 1 aliphatic rings. The molecule has 1 atom stereocenters. The summed E-state index contributed by atoms with van der Waals surface area (Å²) in [4.78, 5) is 27.2. The third-order valence-electron chi connectivity index (χ3n) is 4.55. The molecule has 1 amide bonds. The number of hydrogen-bond acceptors (Lipinski definition) is 5. The molecule has 1 aliphatic carbocycles. The Morgan fingerprint density at radius 1 is 1.07 bits per heavy atom. The largest absolute Gasteiger partial charge is 0.480 e. The summed E-state index contributed by atoms with van der Waals surface area (Å²) < 4.78 is 5.31. The second-order valence-corrected chi connectivity index (χ2v) is 6.18. The van der Waals surface area contributed by atoms with Gasteiger partial charge in [0.2, 0.25) is 0 Å². The number of alkyl carbamates (subject to hydrolysis) is 1. The summed E-state index contributed by atoms with van der Waals surface area (Å²) >= 11 is 0. The third-order valence-corrected chi connectivity index (χ3v) is 4.55. The number of hydroxylamine groups is 1. The molecule has 2 aromatic rings. The van der Waals surface area contributed by atoms with Gasteiger partial charge in [0, 0.05) is 13.0 Å². The zero-order chi connectivity index (χ0) is 20.5. The standard InChI is InChI=1S/C19H19NO4.C2H7NO/c1-2-17(18(21)22)20-19(23)24-11-16-14-9-5-3-7-12(14)13-8-4-6-10-15(13)16;1-3-4-2/h3-10,16-17H,2,11H2,1H3,(H,20,23)(H,21,22);3H,1-2H3/t17-;/m1./s1. The molecule has 0 unspecified atom stereocenters. The number of carboxylic acids is 1. The molecule has 2 aromatic carbocycles. The van der Waals surface area contributed by atoms with E-state index in [1.165, 1.54) is 0 Å². The maximum absolute atomic E-state index is 11.9. The van der Waals surface area contributed by atoms with E-state index >= 15 is 0 Å². The Labute approximate surface area is 164 Å². The number of carbonyl (C=O) groups excluding carboxylic acids is 1. The van der Waals surface area contributed by atoms with Crippen LogP contribution in [0.25, 0.3) is 11.1 Å². The van der Waals surface area contributed by atoms with E-state index in [2.05, 4.69) is 27.8 Å². The Morgan fingerprint density at radius 2 is 1.57 bits per heavy atom. The highest BCUT2D eigenvalue weighted by Gasteiger charge is 2.29. The second-order valence-electron chi connectivity index (χ2n) is 6.18. The van der Waals surface area contributed by atoms with Gasteiger partial charge in [-0.2, -0.15) is 0 Å². The van der Waals surface area contributed by atoms with Crippen LogP contribution in [-0.4, -0.2) is 44.0 Å². The van der Waals surface area contributed by atoms with Crippen LogP contribution in [-0.2, 0) is 14.4 Å². The van der Waals surface area contributed by atoms with E-state index < -0.39 is 18.1 Å². The third kappa shape index (κ3) is 5.09. The first-order valence-corrected chi connectivity index (χ1v) is 9.07. The highest BCUT2D eigenvalue weighted by atomic mass is 16.6. The molecule has 0 radical (unpaired) electrons. The van der Waals surface area contributed by atoms with Gasteiger partial charge >= 0.3 is 12.1 Å². The Kier molecular flexibility index (Phi) is 7.98. The highest BCUT2D eigenvalue weighted by Crippen LogP contribution is 2.44. The van der Waals surface area contributed by atoms with Crippen LogP contribution in [0.1, 0.15) is 30.4 Å². The summed E-state index contributed by atoms with van der Waals surface area (Å²) in [6, 6.07) is 15.2. The number of amides is 1. The normalized spacial score (nSPS) is 12.8. The number of rotatable bonds is 6. The quantitative estimate of drug-likeness (QED) is 0.660. The van der Waals surface area contributed by atoms with Crippen molar-refractivity contribution in [2.75, 3.05) is 20.8 Å². The summed E-state index contributed by atoms with van der Waals surface area (Å²) in [7, 11) is 3.28. The number of nitrogens with one attached hydrogen (secondary N) is 2. The lowest BCUT2D eigenvalue weighted by atomic mass is 9.98. The van der Waals surface area contributed by atoms with Gasteiger partial charge in [-0.3, -0.25) is 0 Å². The van der Waals surface area contributed by atoms with Gasteiger partial charge in [-0.25, -0.2) is 15.1 Å². The monoisotopic (exact) mass is 386 g/mol. The number of ether oxygens (including phenoxy) is 1. The lowest BCUT2D eigenvalue weighted by Crippen LogP contribution is -2.40. The molecule has 3 rings (SSSR count). The highest BCUT2D eigenvalue weighted by molar-refractivity contribution is 5.81. The first-order valence-electron chi connectivity index (χ1n) is 9.07. The van der Waals surface area contributed by atoms with Crippen molar-refractivity contribution in [2.24, 2.45) is 0 Å². The maximum Gasteiger partial charge on any atom is 0.407 e. The van der Waals surface area contributed by atoms with Crippen molar-refractivity contribution in [2.45, 2.75) is 25.3 Å². The fourth-order valence-electron chi connectivity index (χ4n) is 3.12. The summed E-state index contributed by atoms with van der Waals surface area (Å²) in [5, 5.41) is 11.4. The predicted octanol–water partition coefficient (Wildman–Crippen LogP) is 3.16. The number of benzene rings is 2. The molecular weight excluding hydrogens is 360 g/mol. The predicted molar refractivity (Wildman–Crippen MR) is 106 cm³/mol. The van der Waals surface area contributed by atoms with Crippen molar-refractivity contribution in [1.82, 2.24) is 10.8 Å². The minimum Gasteiger partial charge on any atom is -0.480 e. The molecule has 28 heavy (non-hydrogen) atoms. The topological polar surface area (TPSA) is 96.9 Å². The van der Waals surface area contributed by atoms with Gasteiger partial charge in [0.15, 0.2) is 0 Å². The van der Waals surface area contributed by atoms with E-state index in [1.807, 2.05) is 36.4 Å². The fourth-order valence-corrected chi connectivity index (χ4v) is 3.12. The van der Waals surface area contributed by atoms with Crippen molar-refractivity contribution in [3.05, 3.63) is 59.7 Å². The Hall–Kier alpha value is -2.90. The molecule has 0 saturated heterocycles. The van der Waals surface area contributed by atoms with Crippen molar-refractivity contribution < 1.29 is 24.3 Å². The number of fused-ring (bicyclic) bond motifs is 3. The van der Waals surface area contributed by atoms with Gasteiger partial charge in [0.05, 0.1) is 7.11 Å². The maximum atomic E-state index is 11.9. The van der Waals surface area contributed by atoms with Crippen molar-refractivity contribution in [3.63, 3.8) is 0 Å². The SMILES string of the molecule is CC[C@@H](NC(=O)OCC1c2ccccc2-c2ccccc21)C(=O)O.CNOC. The zero-order valence-corrected chi connectivity index (χ0v) is 16.3. The zero-order valence-electron chi connectivity index (χ0n) is 16.3. The van der Waals surface area contributed by atoms with Crippen LogP contribution in [0.5, 0.6) is 0 Å². The number of hydrogen-bond donors (Lipinski definition) is 3. The molecule has 0 aromatic heterocycles. The minimum atomic E-state index is -1.06. The first kappa shape index (κ1) is 21.4. The van der Waals surface area contributed by atoms with Gasteiger partial charge in [-0.1, -0.05) is 55.5 Å². The van der Waals surface area contributed by atoms with Gasteiger partial charge in [0.25, 0.3) is 0 Å². The Morgan fingerprint density at radius 3 is 2.00 bits per heavy atom. The lowest BCUT2D eigenvalue weighted by Gasteiger charge is -2.16. The summed E-state index contributed by atoms with van der Waals surface area (Å²) in [6.07, 6.45) is -0.398. The van der Waals surface area contributed by atoms with E-state index in [-0.39, 0.29) is 12.5 Å². The van der Waals surface area contributed by atoms with Crippen LogP contribution in [0, 0.1) is 0 Å². The molecule has 0 spiro atoms. The van der Waals surface area contributed by atoms with Gasteiger partial charge in [-0.15, -0.1) is 0 Å². The first-order chi connectivity index (χ1) is 13.5. The van der Waals surface area contributed by atoms with Crippen LogP contribution in [0.4, 0.5) is 4.79 Å². The smallest absolute Gasteiger partial charge is 0.407 e. The second kappa shape index (κ2) is 10.4. The van der Waals surface area contributed by atoms with E-state index in [9.17, 15) is 9.59 Å². The van der Waals surface area contributed by atoms with Crippen LogP contribution in [0.2, 0.25) is 0 Å². The lowest BCUT2D eigenvalue weighted by molar-refractivity contribution is -0.139. The van der Waals surface area contributed by atoms with Crippen LogP contribution >= 0.6 is 0 Å². The molecule has 0 bridgehead atoms. The molecule has 0 saturated carbocycles. The number of carbonyl (C=O) groups is 2. The molecule has 7 nitrogen and oxygen atoms in total. The van der Waals surface area contributed by atoms with E-state index in [4.69, 9.17) is 9.84 Å². The van der Waals surface area contributed by atoms with Gasteiger partial charge in [0.1, 0.15) is 12.6 Å². The average Bonchev–Trinajstić information content (AvgIpc) is 3.04. The number of carboxylic acid groups (broad SMARTS) is 1. The minimum absolute atomic E-state index is 0.0342. The van der Waals surface area contributed by atoms with Crippen LogP contribution in [0.15, 0.2) is 48.5 Å². The average molecular weight is 386 g/mol. The molecule has 0 heterocycles. The molecule has 0 fully saturated rings. The molecular formula is C21H26N2O5. The molecule has 150 valence electrons. The van der Waals surface area contributed by atoms with Crippen LogP contribution in [0.3, 0.4) is 0 Å². The van der Waals surface area contributed by atoms with E-state index in [0.29, 0.717) is 6.42 Å². The summed E-state index contributed by atoms with van der Waals surface area (Å²) in [6.45, 7) is 1.87. The van der Waals surface area contributed by atoms with E-state index in [1.54, 1.807) is 21.1 Å². The molecule has 7 heteroatoms. The van der Waals surface area contributed by atoms with Crippen molar-refractivity contribution in [3.8, 4) is 11.1 Å². The molecule has 3 N–H and O–H groups in total.